The Morgan fingerprint density at radius 2 is 1.75 bits per heavy atom. The molecule has 0 aliphatic carbocycles. The number of likely N-dealkylation sites (N-methyl/N-ethyl adjacent to an activating group) is 1. The molecule has 0 heterocycles. The van der Waals surface area contributed by atoms with Crippen LogP contribution in [-0.4, -0.2) is 68.4 Å². The predicted octanol–water partition coefficient (Wildman–Crippen LogP) is 0.0376. The van der Waals surface area contributed by atoms with Gasteiger partial charge in [0.2, 0.25) is 0 Å². The Bertz CT molecular complexity index is 341. The molecule has 1 amide bonds. The normalized spacial score (nSPS) is 11.8. The Labute approximate surface area is 116 Å². The first-order valence-corrected chi connectivity index (χ1v) is 5.74. The molecule has 0 aromatic carbocycles. The Balaban J connectivity index is 4.71. The highest BCUT2D eigenvalue weighted by atomic mass is 16.7. The van der Waals surface area contributed by atoms with Crippen molar-refractivity contribution in [2.75, 3.05) is 27.9 Å². The van der Waals surface area contributed by atoms with Gasteiger partial charge >= 0.3 is 18.0 Å². The molecular formula is C11H19NO8. The smallest absolute Gasteiger partial charge is 0.410 e. The number of rotatable bonds is 8. The minimum atomic E-state index is -1.67. The SMILES string of the molecule is CCC(=O)OC(C(=O)OCC(OC)OC)N(C)C(=O)O. The number of esters is 2. The summed E-state index contributed by atoms with van der Waals surface area (Å²) in [5.41, 5.74) is 0. The number of carbonyl (C=O) groups excluding carboxylic acids is 2. The lowest BCUT2D eigenvalue weighted by Crippen LogP contribution is -2.46. The highest BCUT2D eigenvalue weighted by molar-refractivity contribution is 5.82. The largest absolute Gasteiger partial charge is 0.465 e. The predicted molar refractivity (Wildman–Crippen MR) is 64.7 cm³/mol. The van der Waals surface area contributed by atoms with Crippen molar-refractivity contribution in [3.05, 3.63) is 0 Å². The zero-order valence-corrected chi connectivity index (χ0v) is 11.8. The highest BCUT2D eigenvalue weighted by Gasteiger charge is 2.32. The Hall–Kier alpha value is -1.87. The van der Waals surface area contributed by atoms with Gasteiger partial charge in [0.15, 0.2) is 6.29 Å². The third-order valence-corrected chi connectivity index (χ3v) is 2.27. The first-order chi connectivity index (χ1) is 9.37. The van der Waals surface area contributed by atoms with Crippen LogP contribution in [0.2, 0.25) is 0 Å². The van der Waals surface area contributed by atoms with Gasteiger partial charge in [0, 0.05) is 27.7 Å². The maximum Gasteiger partial charge on any atom is 0.410 e. The van der Waals surface area contributed by atoms with Crippen molar-refractivity contribution < 1.29 is 38.4 Å². The van der Waals surface area contributed by atoms with Crippen LogP contribution in [0.15, 0.2) is 0 Å². The molecule has 0 bridgehead atoms. The first kappa shape index (κ1) is 18.1. The number of methoxy groups -OCH3 is 2. The van der Waals surface area contributed by atoms with Crippen molar-refractivity contribution in [3.63, 3.8) is 0 Å². The molecule has 1 N–H and O–H groups in total. The molecule has 9 nitrogen and oxygen atoms in total. The van der Waals surface area contributed by atoms with E-state index >= 15 is 0 Å². The lowest BCUT2D eigenvalue weighted by atomic mass is 10.4. The van der Waals surface area contributed by atoms with Crippen LogP contribution in [0.3, 0.4) is 0 Å². The van der Waals surface area contributed by atoms with Gasteiger partial charge < -0.3 is 24.1 Å². The molecule has 0 aromatic rings. The van der Waals surface area contributed by atoms with Crippen LogP contribution in [0.4, 0.5) is 4.79 Å². The molecular weight excluding hydrogens is 274 g/mol. The molecule has 0 fully saturated rings. The summed E-state index contributed by atoms with van der Waals surface area (Å²) >= 11 is 0. The topological polar surface area (TPSA) is 112 Å². The van der Waals surface area contributed by atoms with Crippen LogP contribution >= 0.6 is 0 Å². The third kappa shape index (κ3) is 5.85. The lowest BCUT2D eigenvalue weighted by Gasteiger charge is -2.24. The highest BCUT2D eigenvalue weighted by Crippen LogP contribution is 2.05. The summed E-state index contributed by atoms with van der Waals surface area (Å²) < 4.78 is 19.1. The maximum atomic E-state index is 11.8. The van der Waals surface area contributed by atoms with E-state index in [9.17, 15) is 14.4 Å². The van der Waals surface area contributed by atoms with Gasteiger partial charge in [0.1, 0.15) is 6.61 Å². The van der Waals surface area contributed by atoms with E-state index < -0.39 is 30.5 Å². The van der Waals surface area contributed by atoms with Gasteiger partial charge in [-0.1, -0.05) is 6.92 Å². The van der Waals surface area contributed by atoms with Crippen LogP contribution < -0.4 is 0 Å². The van der Waals surface area contributed by atoms with E-state index in [-0.39, 0.29) is 13.0 Å². The monoisotopic (exact) mass is 293 g/mol. The molecule has 9 heteroatoms. The fraction of sp³-hybridized carbons (Fsp3) is 0.727. The van der Waals surface area contributed by atoms with Gasteiger partial charge in [0.25, 0.3) is 6.23 Å². The summed E-state index contributed by atoms with van der Waals surface area (Å²) in [6.07, 6.45) is -3.91. The number of hydrogen-bond donors (Lipinski definition) is 1. The standard InChI is InChI=1S/C11H19NO8/c1-5-7(13)20-9(12(2)11(15)16)10(14)19-6-8(17-3)18-4/h8-9H,5-6H2,1-4H3,(H,15,16). The molecule has 0 aromatic heterocycles. The number of carboxylic acid groups (broad SMARTS) is 1. The van der Waals surface area contributed by atoms with Gasteiger partial charge in [-0.05, 0) is 0 Å². The van der Waals surface area contributed by atoms with E-state index in [2.05, 4.69) is 0 Å². The van der Waals surface area contributed by atoms with Crippen LogP contribution in [0.5, 0.6) is 0 Å². The van der Waals surface area contributed by atoms with E-state index in [1.807, 2.05) is 0 Å². The number of ether oxygens (including phenoxy) is 4. The summed E-state index contributed by atoms with van der Waals surface area (Å²) in [7, 11) is 3.78. The van der Waals surface area contributed by atoms with Crippen molar-refractivity contribution in [2.24, 2.45) is 0 Å². The van der Waals surface area contributed by atoms with Gasteiger partial charge in [-0.25, -0.2) is 9.59 Å². The quantitative estimate of drug-likeness (QED) is 0.493. The Morgan fingerprint density at radius 3 is 2.15 bits per heavy atom. The van der Waals surface area contributed by atoms with Gasteiger partial charge in [-0.2, -0.15) is 0 Å². The van der Waals surface area contributed by atoms with Crippen molar-refractivity contribution in [2.45, 2.75) is 25.9 Å². The van der Waals surface area contributed by atoms with Gasteiger partial charge in [0.05, 0.1) is 0 Å². The molecule has 116 valence electrons. The Kier molecular flexibility index (Phi) is 8.25. The van der Waals surface area contributed by atoms with Crippen LogP contribution in [-0.2, 0) is 28.5 Å². The summed E-state index contributed by atoms with van der Waals surface area (Å²) in [4.78, 5) is 34.3. The second kappa shape index (κ2) is 9.10. The summed E-state index contributed by atoms with van der Waals surface area (Å²) in [5, 5.41) is 8.83. The molecule has 0 aliphatic heterocycles. The summed E-state index contributed by atoms with van der Waals surface area (Å²) in [6, 6.07) is 0. The minimum absolute atomic E-state index is 0.00396. The van der Waals surface area contributed by atoms with Crippen molar-refractivity contribution >= 4 is 18.0 Å². The molecule has 0 rings (SSSR count). The van der Waals surface area contributed by atoms with E-state index in [0.29, 0.717) is 4.90 Å². The van der Waals surface area contributed by atoms with Crippen LogP contribution in [0.25, 0.3) is 0 Å². The fourth-order valence-electron chi connectivity index (χ4n) is 1.05. The van der Waals surface area contributed by atoms with Crippen LogP contribution in [0, 0.1) is 0 Å². The molecule has 0 radical (unpaired) electrons. The molecule has 20 heavy (non-hydrogen) atoms. The minimum Gasteiger partial charge on any atom is -0.465 e. The second-order valence-corrected chi connectivity index (χ2v) is 3.62. The second-order valence-electron chi connectivity index (χ2n) is 3.62. The zero-order chi connectivity index (χ0) is 15.7. The molecule has 1 atom stereocenters. The van der Waals surface area contributed by atoms with E-state index in [1.165, 1.54) is 21.1 Å². The van der Waals surface area contributed by atoms with Gasteiger partial charge in [-0.3, -0.25) is 9.69 Å². The summed E-state index contributed by atoms with van der Waals surface area (Å²) in [6.45, 7) is 1.25. The van der Waals surface area contributed by atoms with Crippen molar-refractivity contribution in [1.82, 2.24) is 4.90 Å². The molecule has 0 aliphatic rings. The lowest BCUT2D eigenvalue weighted by molar-refractivity contribution is -0.189. The zero-order valence-electron chi connectivity index (χ0n) is 11.8. The van der Waals surface area contributed by atoms with Crippen LogP contribution in [0.1, 0.15) is 13.3 Å². The van der Waals surface area contributed by atoms with E-state index in [1.54, 1.807) is 0 Å². The first-order valence-electron chi connectivity index (χ1n) is 5.74. The third-order valence-electron chi connectivity index (χ3n) is 2.27. The number of amides is 1. The van der Waals surface area contributed by atoms with E-state index in [0.717, 1.165) is 7.05 Å². The number of carbonyl (C=O) groups is 3. The average Bonchev–Trinajstić information content (AvgIpc) is 2.44. The molecule has 0 saturated heterocycles. The van der Waals surface area contributed by atoms with Crippen molar-refractivity contribution in [1.29, 1.82) is 0 Å². The van der Waals surface area contributed by atoms with Gasteiger partial charge in [-0.15, -0.1) is 0 Å². The average molecular weight is 293 g/mol. The molecule has 1 unspecified atom stereocenters. The fourth-order valence-corrected chi connectivity index (χ4v) is 1.05. The number of nitrogens with zero attached hydrogens (tertiary/aromatic N) is 1. The number of hydrogen-bond acceptors (Lipinski definition) is 7. The summed E-state index contributed by atoms with van der Waals surface area (Å²) in [5.74, 6) is -1.76. The van der Waals surface area contributed by atoms with E-state index in [4.69, 9.17) is 24.1 Å². The maximum absolute atomic E-state index is 11.8. The van der Waals surface area contributed by atoms with Crippen molar-refractivity contribution in [3.8, 4) is 0 Å². The Morgan fingerprint density at radius 1 is 1.20 bits per heavy atom. The molecule has 0 saturated carbocycles. The molecule has 0 spiro atoms.